The minimum atomic E-state index is -0.689. The molecule has 0 bridgehead atoms. The van der Waals surface area contributed by atoms with E-state index in [1.165, 1.54) is 4.90 Å². The fourth-order valence-electron chi connectivity index (χ4n) is 3.96. The predicted octanol–water partition coefficient (Wildman–Crippen LogP) is 4.64. The first kappa shape index (κ1) is 26.3. The Bertz CT molecular complexity index is 1040. The van der Waals surface area contributed by atoms with Crippen molar-refractivity contribution in [2.24, 2.45) is 0 Å². The van der Waals surface area contributed by atoms with Gasteiger partial charge in [-0.15, -0.1) is 0 Å². The highest BCUT2D eigenvalue weighted by molar-refractivity contribution is 6.46. The van der Waals surface area contributed by atoms with Crippen LogP contribution in [0.2, 0.25) is 0 Å². The molecule has 2 aromatic rings. The molecule has 7 heteroatoms. The minimum absolute atomic E-state index is 0.0189. The number of unbranched alkanes of at least 4 members (excludes halogenated alkanes) is 1. The lowest BCUT2D eigenvalue weighted by Gasteiger charge is -2.26. The number of aliphatic hydroxyl groups excluding tert-OH is 1. The standard InChI is InChI=1S/C28H36N2O5/c1-6-7-18-34-22-12-8-20(9-13-22)25-24(27(32)28(33)30(25)17-16-29(4)5)26(31)21-10-14-23(15-11-21)35-19(2)3/h8-15,19,25,31H,6-7,16-18H2,1-5H3. The second kappa shape index (κ2) is 11.9. The van der Waals surface area contributed by atoms with Gasteiger partial charge >= 0.3 is 0 Å². The number of ketones is 1. The lowest BCUT2D eigenvalue weighted by atomic mass is 9.95. The van der Waals surface area contributed by atoms with Crippen molar-refractivity contribution < 1.29 is 24.2 Å². The number of likely N-dealkylation sites (tertiary alicyclic amines) is 1. The van der Waals surface area contributed by atoms with Crippen molar-refractivity contribution in [3.05, 3.63) is 65.2 Å². The summed E-state index contributed by atoms with van der Waals surface area (Å²) in [6, 6.07) is 13.6. The lowest BCUT2D eigenvalue weighted by molar-refractivity contribution is -0.140. The van der Waals surface area contributed by atoms with Gasteiger partial charge in [0.15, 0.2) is 0 Å². The molecule has 0 radical (unpaired) electrons. The van der Waals surface area contributed by atoms with Crippen LogP contribution in [0.25, 0.3) is 5.76 Å². The summed E-state index contributed by atoms with van der Waals surface area (Å²) in [6.07, 6.45) is 2.03. The topological polar surface area (TPSA) is 79.3 Å². The number of Topliss-reactive ketones (excluding diaryl/α,β-unsaturated/α-hetero) is 1. The van der Waals surface area contributed by atoms with Crippen LogP contribution < -0.4 is 9.47 Å². The van der Waals surface area contributed by atoms with Crippen LogP contribution in [0.5, 0.6) is 11.5 Å². The van der Waals surface area contributed by atoms with Crippen LogP contribution in [0.4, 0.5) is 0 Å². The maximum Gasteiger partial charge on any atom is 0.295 e. The molecule has 1 atom stereocenters. The highest BCUT2D eigenvalue weighted by atomic mass is 16.5. The summed E-state index contributed by atoms with van der Waals surface area (Å²) >= 11 is 0. The average Bonchev–Trinajstić information content (AvgIpc) is 3.08. The SMILES string of the molecule is CCCCOc1ccc(C2C(=C(O)c3ccc(OC(C)C)cc3)C(=O)C(=O)N2CCN(C)C)cc1. The Morgan fingerprint density at radius 1 is 1.03 bits per heavy atom. The predicted molar refractivity (Wildman–Crippen MR) is 137 cm³/mol. The Morgan fingerprint density at radius 3 is 2.23 bits per heavy atom. The number of amides is 1. The van der Waals surface area contributed by atoms with Gasteiger partial charge in [-0.1, -0.05) is 25.5 Å². The molecule has 0 saturated carbocycles. The molecule has 1 amide bonds. The largest absolute Gasteiger partial charge is 0.507 e. The van der Waals surface area contributed by atoms with Crippen LogP contribution in [-0.2, 0) is 9.59 Å². The van der Waals surface area contributed by atoms with Gasteiger partial charge in [0.2, 0.25) is 0 Å². The van der Waals surface area contributed by atoms with Crippen molar-refractivity contribution in [1.29, 1.82) is 0 Å². The van der Waals surface area contributed by atoms with E-state index in [4.69, 9.17) is 9.47 Å². The van der Waals surface area contributed by atoms with Crippen LogP contribution in [0.1, 0.15) is 50.8 Å². The molecule has 0 aromatic heterocycles. The van der Waals surface area contributed by atoms with Crippen molar-refractivity contribution in [2.45, 2.75) is 45.8 Å². The number of aliphatic hydroxyl groups is 1. The van der Waals surface area contributed by atoms with E-state index in [-0.39, 0.29) is 17.4 Å². The molecule has 1 fully saturated rings. The molecular weight excluding hydrogens is 444 g/mol. The van der Waals surface area contributed by atoms with Gasteiger partial charge in [-0.25, -0.2) is 0 Å². The van der Waals surface area contributed by atoms with E-state index in [0.29, 0.717) is 31.0 Å². The quantitative estimate of drug-likeness (QED) is 0.219. The number of nitrogens with zero attached hydrogens (tertiary/aromatic N) is 2. The van der Waals surface area contributed by atoms with Crippen molar-refractivity contribution in [3.63, 3.8) is 0 Å². The average molecular weight is 481 g/mol. The number of likely N-dealkylation sites (N-methyl/N-ethyl adjacent to an activating group) is 1. The van der Waals surface area contributed by atoms with Gasteiger partial charge in [0.05, 0.1) is 24.3 Å². The van der Waals surface area contributed by atoms with E-state index in [2.05, 4.69) is 6.92 Å². The molecule has 1 unspecified atom stereocenters. The second-order valence-corrected chi connectivity index (χ2v) is 9.26. The fraction of sp³-hybridized carbons (Fsp3) is 0.429. The molecule has 3 rings (SSSR count). The van der Waals surface area contributed by atoms with Crippen LogP contribution in [0.15, 0.2) is 54.1 Å². The number of hydrogen-bond donors (Lipinski definition) is 1. The number of carbonyl (C=O) groups excluding carboxylic acids is 2. The van der Waals surface area contributed by atoms with E-state index in [0.717, 1.165) is 24.2 Å². The van der Waals surface area contributed by atoms with E-state index in [1.807, 2.05) is 57.1 Å². The van der Waals surface area contributed by atoms with Gasteiger partial charge in [0.25, 0.3) is 11.7 Å². The smallest absolute Gasteiger partial charge is 0.295 e. The molecule has 2 aromatic carbocycles. The third kappa shape index (κ3) is 6.42. The summed E-state index contributed by atoms with van der Waals surface area (Å²) < 4.78 is 11.4. The Labute approximate surface area is 207 Å². The van der Waals surface area contributed by atoms with Gasteiger partial charge in [0.1, 0.15) is 17.3 Å². The zero-order valence-electron chi connectivity index (χ0n) is 21.3. The Balaban J connectivity index is 2.00. The zero-order chi connectivity index (χ0) is 25.5. The minimum Gasteiger partial charge on any atom is -0.507 e. The van der Waals surface area contributed by atoms with Crippen LogP contribution in [-0.4, -0.2) is 66.5 Å². The van der Waals surface area contributed by atoms with Crippen molar-refractivity contribution in [2.75, 3.05) is 33.8 Å². The van der Waals surface area contributed by atoms with Gasteiger partial charge in [0, 0.05) is 18.7 Å². The van der Waals surface area contributed by atoms with Crippen LogP contribution >= 0.6 is 0 Å². The fourth-order valence-corrected chi connectivity index (χ4v) is 3.96. The van der Waals surface area contributed by atoms with E-state index in [9.17, 15) is 14.7 Å². The summed E-state index contributed by atoms with van der Waals surface area (Å²) in [5, 5.41) is 11.2. The molecule has 188 valence electrons. The summed E-state index contributed by atoms with van der Waals surface area (Å²) in [5.41, 5.74) is 1.29. The first-order chi connectivity index (χ1) is 16.7. The van der Waals surface area contributed by atoms with Crippen LogP contribution in [0, 0.1) is 0 Å². The Morgan fingerprint density at radius 2 is 1.66 bits per heavy atom. The normalized spacial score (nSPS) is 17.5. The first-order valence-corrected chi connectivity index (χ1v) is 12.2. The van der Waals surface area contributed by atoms with Crippen molar-refractivity contribution >= 4 is 17.4 Å². The number of rotatable bonds is 11. The Hall–Kier alpha value is -3.32. The summed E-state index contributed by atoms with van der Waals surface area (Å²) in [6.45, 7) is 7.55. The zero-order valence-corrected chi connectivity index (χ0v) is 21.3. The highest BCUT2D eigenvalue weighted by Crippen LogP contribution is 2.39. The Kier molecular flexibility index (Phi) is 8.93. The molecule has 1 N–H and O–H groups in total. The third-order valence-electron chi connectivity index (χ3n) is 5.79. The molecular formula is C28H36N2O5. The van der Waals surface area contributed by atoms with E-state index < -0.39 is 17.7 Å². The molecule has 35 heavy (non-hydrogen) atoms. The van der Waals surface area contributed by atoms with E-state index >= 15 is 0 Å². The maximum absolute atomic E-state index is 13.1. The van der Waals surface area contributed by atoms with Crippen molar-refractivity contribution in [1.82, 2.24) is 9.80 Å². The maximum atomic E-state index is 13.1. The number of benzene rings is 2. The third-order valence-corrected chi connectivity index (χ3v) is 5.79. The van der Waals surface area contributed by atoms with Crippen molar-refractivity contribution in [3.8, 4) is 11.5 Å². The molecule has 1 saturated heterocycles. The number of ether oxygens (including phenoxy) is 2. The first-order valence-electron chi connectivity index (χ1n) is 12.2. The second-order valence-electron chi connectivity index (χ2n) is 9.26. The molecule has 0 aliphatic carbocycles. The van der Waals surface area contributed by atoms with Gasteiger partial charge < -0.3 is 24.4 Å². The molecule has 0 spiro atoms. The van der Waals surface area contributed by atoms with Gasteiger partial charge in [-0.05, 0) is 76.3 Å². The van der Waals surface area contributed by atoms with E-state index in [1.54, 1.807) is 24.3 Å². The monoisotopic (exact) mass is 480 g/mol. The summed E-state index contributed by atoms with van der Waals surface area (Å²) in [4.78, 5) is 29.7. The highest BCUT2D eigenvalue weighted by Gasteiger charge is 2.45. The summed E-state index contributed by atoms with van der Waals surface area (Å²) in [5.74, 6) is -0.0927. The molecule has 7 nitrogen and oxygen atoms in total. The molecule has 1 aliphatic rings. The lowest BCUT2D eigenvalue weighted by Crippen LogP contribution is -2.35. The van der Waals surface area contributed by atoms with Gasteiger partial charge in [-0.2, -0.15) is 0 Å². The molecule has 1 aliphatic heterocycles. The number of hydrogen-bond acceptors (Lipinski definition) is 6. The summed E-state index contributed by atoms with van der Waals surface area (Å²) in [7, 11) is 3.82. The van der Waals surface area contributed by atoms with Gasteiger partial charge in [-0.3, -0.25) is 9.59 Å². The van der Waals surface area contributed by atoms with Crippen LogP contribution in [0.3, 0.4) is 0 Å². The molecule has 1 heterocycles. The number of carbonyl (C=O) groups is 2.